The third kappa shape index (κ3) is 8.65. The third-order valence-electron chi connectivity index (χ3n) is 8.37. The van der Waals surface area contributed by atoms with Crippen LogP contribution in [0.3, 0.4) is 0 Å². The molecule has 6 rings (SSSR count). The standard InChI is InChI=1S/C35H42N4.2BrH/c1-3-19-38(20-4-1)34-15-23-36(24-16-34)28-32-11-7-30(8-12-32)27-31-9-13-33(14-10-31)29-37-25-17-35(18-26-37)39-21-5-2-6-22-39;;/h7-18,23-26H,1-6,19-22,27-29H2;2*1H/q+2;;/p-2. The highest BCUT2D eigenvalue weighted by atomic mass is 79.9. The lowest BCUT2D eigenvalue weighted by molar-refractivity contribution is -0.688. The average Bonchev–Trinajstić information content (AvgIpc) is 3.01. The van der Waals surface area contributed by atoms with Crippen LogP contribution < -0.4 is 52.9 Å². The van der Waals surface area contributed by atoms with Gasteiger partial charge in [0.15, 0.2) is 37.9 Å². The van der Waals surface area contributed by atoms with E-state index in [1.54, 1.807) is 0 Å². The maximum absolute atomic E-state index is 2.52. The van der Waals surface area contributed by atoms with Crippen LogP contribution in [0.15, 0.2) is 97.6 Å². The summed E-state index contributed by atoms with van der Waals surface area (Å²) in [6, 6.07) is 27.3. The molecule has 0 aliphatic carbocycles. The first-order chi connectivity index (χ1) is 19.3. The summed E-state index contributed by atoms with van der Waals surface area (Å²) in [5, 5.41) is 0. The highest BCUT2D eigenvalue weighted by Crippen LogP contribution is 2.19. The van der Waals surface area contributed by atoms with E-state index < -0.39 is 0 Å². The minimum Gasteiger partial charge on any atom is -1.00 e. The van der Waals surface area contributed by atoms with E-state index in [0.29, 0.717) is 0 Å². The van der Waals surface area contributed by atoms with E-state index in [1.807, 2.05) is 0 Å². The van der Waals surface area contributed by atoms with Gasteiger partial charge in [0, 0.05) is 72.9 Å². The summed E-state index contributed by atoms with van der Waals surface area (Å²) in [6.45, 7) is 6.59. The van der Waals surface area contributed by atoms with E-state index in [0.717, 1.165) is 19.5 Å². The summed E-state index contributed by atoms with van der Waals surface area (Å²) in [7, 11) is 0. The van der Waals surface area contributed by atoms with Crippen molar-refractivity contribution in [3.63, 3.8) is 0 Å². The normalized spacial score (nSPS) is 15.1. The zero-order valence-electron chi connectivity index (χ0n) is 24.0. The molecule has 0 atom stereocenters. The minimum absolute atomic E-state index is 0. The summed E-state index contributed by atoms with van der Waals surface area (Å²) in [5.74, 6) is 0. The molecule has 2 aliphatic heterocycles. The van der Waals surface area contributed by atoms with Gasteiger partial charge in [0.05, 0.1) is 0 Å². The van der Waals surface area contributed by atoms with Crippen molar-refractivity contribution < 1.29 is 43.1 Å². The van der Waals surface area contributed by atoms with Crippen LogP contribution in [0.25, 0.3) is 0 Å². The van der Waals surface area contributed by atoms with Crippen LogP contribution >= 0.6 is 0 Å². The molecule has 4 heterocycles. The zero-order valence-corrected chi connectivity index (χ0v) is 27.1. The number of hydrogen-bond donors (Lipinski definition) is 0. The lowest BCUT2D eigenvalue weighted by atomic mass is 10.0. The zero-order chi connectivity index (χ0) is 26.3. The number of pyridine rings is 2. The van der Waals surface area contributed by atoms with E-state index in [9.17, 15) is 0 Å². The van der Waals surface area contributed by atoms with Crippen molar-refractivity contribution in [2.45, 2.75) is 58.0 Å². The molecule has 41 heavy (non-hydrogen) atoms. The van der Waals surface area contributed by atoms with Crippen LogP contribution in [-0.2, 0) is 19.5 Å². The van der Waals surface area contributed by atoms with Crippen molar-refractivity contribution in [2.75, 3.05) is 36.0 Å². The molecule has 2 fully saturated rings. The lowest BCUT2D eigenvalue weighted by Gasteiger charge is -2.28. The molecule has 0 amide bonds. The van der Waals surface area contributed by atoms with Gasteiger partial charge in [-0.1, -0.05) is 48.5 Å². The fourth-order valence-corrected chi connectivity index (χ4v) is 6.02. The molecule has 4 aromatic rings. The monoisotopic (exact) mass is 676 g/mol. The molecular weight excluding hydrogens is 636 g/mol. The first-order valence-electron chi connectivity index (χ1n) is 14.9. The molecule has 2 aromatic carbocycles. The van der Waals surface area contributed by atoms with Crippen molar-refractivity contribution >= 4 is 11.4 Å². The van der Waals surface area contributed by atoms with Crippen LogP contribution in [0.5, 0.6) is 0 Å². The molecule has 0 unspecified atom stereocenters. The molecule has 0 N–H and O–H groups in total. The average molecular weight is 679 g/mol. The number of nitrogens with zero attached hydrogens (tertiary/aromatic N) is 4. The van der Waals surface area contributed by atoms with Crippen LogP contribution in [0.1, 0.15) is 60.8 Å². The Kier molecular flexibility index (Phi) is 11.8. The molecule has 0 radical (unpaired) electrons. The van der Waals surface area contributed by atoms with Gasteiger partial charge in [0.1, 0.15) is 0 Å². The summed E-state index contributed by atoms with van der Waals surface area (Å²) in [5.41, 5.74) is 8.12. The number of benzene rings is 2. The van der Waals surface area contributed by atoms with Crippen molar-refractivity contribution in [2.24, 2.45) is 0 Å². The van der Waals surface area contributed by atoms with Gasteiger partial charge in [-0.05, 0) is 56.1 Å². The molecule has 2 saturated heterocycles. The third-order valence-corrected chi connectivity index (χ3v) is 8.37. The van der Waals surface area contributed by atoms with Gasteiger partial charge in [-0.25, -0.2) is 9.13 Å². The molecule has 0 bridgehead atoms. The van der Waals surface area contributed by atoms with E-state index in [1.165, 1.54) is 98.3 Å². The Morgan fingerprint density at radius 3 is 1.07 bits per heavy atom. The fraction of sp³-hybridized carbons (Fsp3) is 0.371. The van der Waals surface area contributed by atoms with Gasteiger partial charge < -0.3 is 43.8 Å². The number of piperidine rings is 2. The van der Waals surface area contributed by atoms with Gasteiger partial charge in [-0.2, -0.15) is 0 Å². The summed E-state index contributed by atoms with van der Waals surface area (Å²) in [4.78, 5) is 5.03. The predicted molar refractivity (Wildman–Crippen MR) is 159 cm³/mol. The van der Waals surface area contributed by atoms with Gasteiger partial charge in [-0.15, -0.1) is 0 Å². The Balaban J connectivity index is 0.00000194. The molecule has 2 aromatic heterocycles. The van der Waals surface area contributed by atoms with Gasteiger partial charge in [0.2, 0.25) is 0 Å². The Bertz CT molecular complexity index is 1210. The molecular formula is C35H42Br2N4. The minimum atomic E-state index is 0. The topological polar surface area (TPSA) is 14.2 Å². The number of anilines is 2. The lowest BCUT2D eigenvalue weighted by Crippen LogP contribution is -3.00. The first-order valence-corrected chi connectivity index (χ1v) is 14.9. The second-order valence-electron chi connectivity index (χ2n) is 11.4. The Morgan fingerprint density at radius 2 is 0.732 bits per heavy atom. The number of rotatable bonds is 8. The highest BCUT2D eigenvalue weighted by Gasteiger charge is 2.14. The van der Waals surface area contributed by atoms with Crippen LogP contribution in [-0.4, -0.2) is 26.2 Å². The maximum Gasteiger partial charge on any atom is 0.173 e. The van der Waals surface area contributed by atoms with Gasteiger partial charge in [0.25, 0.3) is 0 Å². The molecule has 4 nitrogen and oxygen atoms in total. The smallest absolute Gasteiger partial charge is 0.173 e. The number of aromatic nitrogens is 2. The molecule has 0 saturated carbocycles. The van der Waals surface area contributed by atoms with Crippen LogP contribution in [0, 0.1) is 0 Å². The van der Waals surface area contributed by atoms with Crippen molar-refractivity contribution in [1.29, 1.82) is 0 Å². The van der Waals surface area contributed by atoms with Crippen molar-refractivity contribution in [3.05, 3.63) is 120 Å². The summed E-state index contributed by atoms with van der Waals surface area (Å²) in [6.07, 6.45) is 17.9. The van der Waals surface area contributed by atoms with Crippen LogP contribution in [0.2, 0.25) is 0 Å². The largest absolute Gasteiger partial charge is 1.00 e. The second kappa shape index (κ2) is 15.5. The molecule has 0 spiro atoms. The molecule has 2 aliphatic rings. The maximum atomic E-state index is 2.52. The second-order valence-corrected chi connectivity index (χ2v) is 11.4. The Morgan fingerprint density at radius 1 is 0.415 bits per heavy atom. The van der Waals surface area contributed by atoms with E-state index >= 15 is 0 Å². The predicted octanol–water partition coefficient (Wildman–Crippen LogP) is -0.0624. The summed E-state index contributed by atoms with van der Waals surface area (Å²) < 4.78 is 4.56. The van der Waals surface area contributed by atoms with Crippen molar-refractivity contribution in [3.8, 4) is 0 Å². The Labute approximate surface area is 267 Å². The highest BCUT2D eigenvalue weighted by molar-refractivity contribution is 5.44. The number of halogens is 2. The number of hydrogen-bond acceptors (Lipinski definition) is 2. The van der Waals surface area contributed by atoms with Gasteiger partial charge in [-0.3, -0.25) is 0 Å². The van der Waals surface area contributed by atoms with Crippen molar-refractivity contribution in [1.82, 2.24) is 0 Å². The first kappa shape index (κ1) is 31.2. The van der Waals surface area contributed by atoms with Gasteiger partial charge >= 0.3 is 0 Å². The Hall–Kier alpha value is -2.70. The fourth-order valence-electron chi connectivity index (χ4n) is 6.02. The van der Waals surface area contributed by atoms with E-state index in [4.69, 9.17) is 0 Å². The molecule has 6 heteroatoms. The van der Waals surface area contributed by atoms with E-state index in [2.05, 4.69) is 117 Å². The quantitative estimate of drug-likeness (QED) is 0.243. The summed E-state index contributed by atoms with van der Waals surface area (Å²) >= 11 is 0. The molecule has 216 valence electrons. The van der Waals surface area contributed by atoms with E-state index in [-0.39, 0.29) is 34.0 Å². The van der Waals surface area contributed by atoms with Crippen LogP contribution in [0.4, 0.5) is 11.4 Å². The SMILES string of the molecule is [Br-].[Br-].c1cc(C[n+]2ccc(N3CCCCC3)cc2)ccc1Cc1ccc(C[n+]2ccc(N3CCCCC3)cc2)cc1.